The molecule has 0 saturated heterocycles. The fourth-order valence-corrected chi connectivity index (χ4v) is 1.72. The zero-order valence-electron chi connectivity index (χ0n) is 11.6. The number of nitrogens with zero attached hydrogens (tertiary/aromatic N) is 2. The molecule has 0 bridgehead atoms. The van der Waals surface area contributed by atoms with E-state index >= 15 is 0 Å². The number of aromatic hydroxyl groups is 1. The Morgan fingerprint density at radius 1 is 1.45 bits per heavy atom. The Morgan fingerprint density at radius 2 is 2.20 bits per heavy atom. The van der Waals surface area contributed by atoms with Gasteiger partial charge in [0.2, 0.25) is 0 Å². The Bertz CT molecular complexity index is 620. The van der Waals surface area contributed by atoms with Crippen molar-refractivity contribution in [3.8, 4) is 11.5 Å². The molecule has 0 atom stereocenters. The number of nitrogens with one attached hydrogen (secondary N) is 1. The van der Waals surface area contributed by atoms with Crippen molar-refractivity contribution in [2.75, 3.05) is 12.4 Å². The molecule has 0 spiro atoms. The fraction of sp³-hybridized carbons (Fsp3) is 0.286. The van der Waals surface area contributed by atoms with Crippen LogP contribution in [-0.4, -0.2) is 27.9 Å². The summed E-state index contributed by atoms with van der Waals surface area (Å²) in [5.41, 5.74) is 0.958. The molecule has 0 radical (unpaired) electrons. The van der Waals surface area contributed by atoms with Crippen LogP contribution in [0.5, 0.6) is 11.5 Å². The Balaban J connectivity index is 2.13. The van der Waals surface area contributed by atoms with E-state index in [0.29, 0.717) is 17.0 Å². The number of benzene rings is 1. The third-order valence-corrected chi connectivity index (χ3v) is 2.83. The van der Waals surface area contributed by atoms with Crippen LogP contribution in [0.1, 0.15) is 30.2 Å². The Morgan fingerprint density at radius 3 is 2.75 bits per heavy atom. The highest BCUT2D eigenvalue weighted by Gasteiger charge is 2.11. The van der Waals surface area contributed by atoms with Crippen LogP contribution in [0.4, 0.5) is 5.69 Å². The quantitative estimate of drug-likeness (QED) is 0.898. The molecule has 1 amide bonds. The SMILES string of the molecule is COc1ccc(C(=O)Nc2cnn(C(C)C)c2)cc1O. The summed E-state index contributed by atoms with van der Waals surface area (Å²) in [4.78, 5) is 12.0. The van der Waals surface area contributed by atoms with Crippen LogP contribution in [0.25, 0.3) is 0 Å². The Kier molecular flexibility index (Phi) is 3.93. The van der Waals surface area contributed by atoms with Crippen molar-refractivity contribution >= 4 is 11.6 Å². The van der Waals surface area contributed by atoms with Gasteiger partial charge in [-0.3, -0.25) is 9.48 Å². The lowest BCUT2D eigenvalue weighted by Gasteiger charge is -2.06. The minimum Gasteiger partial charge on any atom is -0.504 e. The molecule has 0 saturated carbocycles. The van der Waals surface area contributed by atoms with Crippen LogP contribution in [0.3, 0.4) is 0 Å². The average molecular weight is 275 g/mol. The van der Waals surface area contributed by atoms with E-state index in [1.54, 1.807) is 29.2 Å². The Hall–Kier alpha value is -2.50. The van der Waals surface area contributed by atoms with Crippen molar-refractivity contribution in [1.29, 1.82) is 0 Å². The second kappa shape index (κ2) is 5.64. The van der Waals surface area contributed by atoms with Gasteiger partial charge < -0.3 is 15.2 Å². The lowest BCUT2D eigenvalue weighted by Crippen LogP contribution is -2.11. The fourth-order valence-electron chi connectivity index (χ4n) is 1.72. The maximum atomic E-state index is 12.0. The van der Waals surface area contributed by atoms with E-state index in [0.717, 1.165) is 0 Å². The number of methoxy groups -OCH3 is 1. The van der Waals surface area contributed by atoms with Crippen LogP contribution < -0.4 is 10.1 Å². The number of aromatic nitrogens is 2. The van der Waals surface area contributed by atoms with Gasteiger partial charge in [-0.2, -0.15) is 5.10 Å². The van der Waals surface area contributed by atoms with Crippen LogP contribution >= 0.6 is 0 Å². The van der Waals surface area contributed by atoms with Crippen LogP contribution in [0, 0.1) is 0 Å². The van der Waals surface area contributed by atoms with Crippen molar-refractivity contribution in [2.24, 2.45) is 0 Å². The van der Waals surface area contributed by atoms with Crippen LogP contribution in [-0.2, 0) is 0 Å². The molecule has 6 heteroatoms. The number of hydrogen-bond donors (Lipinski definition) is 2. The molecule has 106 valence electrons. The molecule has 0 unspecified atom stereocenters. The summed E-state index contributed by atoms with van der Waals surface area (Å²) >= 11 is 0. The van der Waals surface area contributed by atoms with Gasteiger partial charge in [-0.25, -0.2) is 0 Å². The summed E-state index contributed by atoms with van der Waals surface area (Å²) in [5.74, 6) is -0.0570. The van der Waals surface area contributed by atoms with Gasteiger partial charge in [-0.1, -0.05) is 0 Å². The first kappa shape index (κ1) is 13.9. The number of amides is 1. The molecule has 0 aliphatic heterocycles. The van der Waals surface area contributed by atoms with Crippen LogP contribution in [0.15, 0.2) is 30.6 Å². The van der Waals surface area contributed by atoms with Crippen molar-refractivity contribution in [3.05, 3.63) is 36.2 Å². The first-order valence-corrected chi connectivity index (χ1v) is 6.23. The monoisotopic (exact) mass is 275 g/mol. The van der Waals surface area contributed by atoms with E-state index < -0.39 is 0 Å². The van der Waals surface area contributed by atoms with E-state index in [1.165, 1.54) is 13.2 Å². The maximum absolute atomic E-state index is 12.0. The van der Waals surface area contributed by atoms with Gasteiger partial charge >= 0.3 is 0 Å². The highest BCUT2D eigenvalue weighted by molar-refractivity contribution is 6.04. The van der Waals surface area contributed by atoms with Crippen molar-refractivity contribution < 1.29 is 14.6 Å². The molecule has 0 aliphatic rings. The maximum Gasteiger partial charge on any atom is 0.255 e. The summed E-state index contributed by atoms with van der Waals surface area (Å²) < 4.78 is 6.68. The van der Waals surface area contributed by atoms with E-state index in [4.69, 9.17) is 4.74 Å². The number of phenolic OH excluding ortho intramolecular Hbond substituents is 1. The number of carbonyl (C=O) groups excluding carboxylic acids is 1. The predicted octanol–water partition coefficient (Wildman–Crippen LogP) is 2.43. The lowest BCUT2D eigenvalue weighted by molar-refractivity contribution is 0.102. The molecule has 2 N–H and O–H groups in total. The first-order chi connectivity index (χ1) is 9.51. The number of anilines is 1. The van der Waals surface area contributed by atoms with Crippen molar-refractivity contribution in [3.63, 3.8) is 0 Å². The third-order valence-electron chi connectivity index (χ3n) is 2.83. The van der Waals surface area contributed by atoms with Crippen molar-refractivity contribution in [1.82, 2.24) is 9.78 Å². The van der Waals surface area contributed by atoms with E-state index in [-0.39, 0.29) is 17.7 Å². The summed E-state index contributed by atoms with van der Waals surface area (Å²) in [6.45, 7) is 4.00. The van der Waals surface area contributed by atoms with Gasteiger partial charge in [0.1, 0.15) is 0 Å². The standard InChI is InChI=1S/C14H17N3O3/c1-9(2)17-8-11(7-15-17)16-14(19)10-4-5-13(20-3)12(18)6-10/h4-9,18H,1-3H3,(H,16,19). The summed E-state index contributed by atoms with van der Waals surface area (Å²) in [5, 5.41) is 16.5. The highest BCUT2D eigenvalue weighted by atomic mass is 16.5. The lowest BCUT2D eigenvalue weighted by atomic mass is 10.2. The number of ether oxygens (including phenoxy) is 1. The highest BCUT2D eigenvalue weighted by Crippen LogP contribution is 2.26. The summed E-state index contributed by atoms with van der Waals surface area (Å²) in [7, 11) is 1.45. The minimum absolute atomic E-state index is 0.0713. The smallest absolute Gasteiger partial charge is 0.255 e. The molecule has 0 aliphatic carbocycles. The van der Waals surface area contributed by atoms with E-state index in [9.17, 15) is 9.90 Å². The zero-order valence-corrected chi connectivity index (χ0v) is 11.6. The molecule has 2 aromatic rings. The molecular weight excluding hydrogens is 258 g/mol. The third kappa shape index (κ3) is 2.90. The molecular formula is C14H17N3O3. The van der Waals surface area contributed by atoms with Crippen LogP contribution in [0.2, 0.25) is 0 Å². The predicted molar refractivity (Wildman–Crippen MR) is 75.2 cm³/mol. The largest absolute Gasteiger partial charge is 0.504 e. The van der Waals surface area contributed by atoms with Crippen molar-refractivity contribution in [2.45, 2.75) is 19.9 Å². The minimum atomic E-state index is -0.314. The van der Waals surface area contributed by atoms with Gasteiger partial charge in [-0.05, 0) is 32.0 Å². The summed E-state index contributed by atoms with van der Waals surface area (Å²) in [6, 6.07) is 4.72. The number of rotatable bonds is 4. The number of phenols is 1. The average Bonchev–Trinajstić information content (AvgIpc) is 2.87. The molecule has 1 heterocycles. The first-order valence-electron chi connectivity index (χ1n) is 6.23. The topological polar surface area (TPSA) is 76.4 Å². The molecule has 2 rings (SSSR count). The molecule has 6 nitrogen and oxygen atoms in total. The summed E-state index contributed by atoms with van der Waals surface area (Å²) in [6.07, 6.45) is 3.34. The number of carbonyl (C=O) groups is 1. The zero-order chi connectivity index (χ0) is 14.7. The normalized spacial score (nSPS) is 10.6. The van der Waals surface area contributed by atoms with Gasteiger partial charge in [0, 0.05) is 17.8 Å². The molecule has 1 aromatic heterocycles. The number of hydrogen-bond acceptors (Lipinski definition) is 4. The second-order valence-corrected chi connectivity index (χ2v) is 4.64. The molecule has 0 fully saturated rings. The molecule has 1 aromatic carbocycles. The van der Waals surface area contributed by atoms with Gasteiger partial charge in [0.15, 0.2) is 11.5 Å². The van der Waals surface area contributed by atoms with E-state index in [2.05, 4.69) is 10.4 Å². The van der Waals surface area contributed by atoms with Gasteiger partial charge in [-0.15, -0.1) is 0 Å². The van der Waals surface area contributed by atoms with Gasteiger partial charge in [0.05, 0.1) is 19.0 Å². The van der Waals surface area contributed by atoms with E-state index in [1.807, 2.05) is 13.8 Å². The van der Waals surface area contributed by atoms with Gasteiger partial charge in [0.25, 0.3) is 5.91 Å². The second-order valence-electron chi connectivity index (χ2n) is 4.64. The Labute approximate surface area is 117 Å². The molecule has 20 heavy (non-hydrogen) atoms.